The van der Waals surface area contributed by atoms with Gasteiger partial charge in [-0.2, -0.15) is 5.26 Å². The quantitative estimate of drug-likeness (QED) is 0.805. The number of nitrogens with one attached hydrogen (secondary N) is 1. The molecule has 5 nitrogen and oxygen atoms in total. The van der Waals surface area contributed by atoms with Crippen LogP contribution in [0.25, 0.3) is 0 Å². The Balaban J connectivity index is 2.78. The lowest BCUT2D eigenvalue weighted by Crippen LogP contribution is -2.27. The lowest BCUT2D eigenvalue weighted by Gasteiger charge is -2.10. The molecule has 6 heteroatoms. The highest BCUT2D eigenvalue weighted by molar-refractivity contribution is 7.89. The molecule has 1 aromatic carbocycles. The first kappa shape index (κ1) is 14.6. The van der Waals surface area contributed by atoms with Gasteiger partial charge in [-0.25, -0.2) is 13.1 Å². The van der Waals surface area contributed by atoms with Crippen molar-refractivity contribution in [2.24, 2.45) is 0 Å². The molecule has 0 radical (unpaired) electrons. The predicted molar refractivity (Wildman–Crippen MR) is 67.3 cm³/mol. The van der Waals surface area contributed by atoms with Crippen LogP contribution in [-0.2, 0) is 10.0 Å². The molecular formula is C12H16N2O3S. The molecule has 1 unspecified atom stereocenters. The van der Waals surface area contributed by atoms with Crippen LogP contribution in [0.3, 0.4) is 0 Å². The Morgan fingerprint density at radius 1 is 1.44 bits per heavy atom. The minimum Gasteiger partial charge on any atom is -0.393 e. The van der Waals surface area contributed by atoms with E-state index in [0.717, 1.165) is 0 Å². The van der Waals surface area contributed by atoms with Crippen molar-refractivity contribution in [2.75, 3.05) is 6.54 Å². The van der Waals surface area contributed by atoms with E-state index in [-0.39, 0.29) is 17.0 Å². The van der Waals surface area contributed by atoms with E-state index in [1.807, 2.05) is 13.0 Å². The third-order valence-electron chi connectivity index (χ3n) is 2.54. The summed E-state index contributed by atoms with van der Waals surface area (Å²) in [7, 11) is -3.69. The Labute approximate surface area is 107 Å². The van der Waals surface area contributed by atoms with Gasteiger partial charge in [-0.15, -0.1) is 0 Å². The Kier molecular flexibility index (Phi) is 5.28. The first-order valence-corrected chi connectivity index (χ1v) is 7.16. The maximum absolute atomic E-state index is 11.9. The molecule has 0 aromatic heterocycles. The third kappa shape index (κ3) is 3.81. The average Bonchev–Trinajstić information content (AvgIpc) is 2.38. The molecule has 98 valence electrons. The molecule has 0 saturated carbocycles. The number of sulfonamides is 1. The minimum absolute atomic E-state index is 0.0292. The highest BCUT2D eigenvalue weighted by Gasteiger charge is 2.17. The Hall–Kier alpha value is -1.42. The van der Waals surface area contributed by atoms with Crippen LogP contribution < -0.4 is 4.72 Å². The highest BCUT2D eigenvalue weighted by atomic mass is 32.2. The van der Waals surface area contributed by atoms with E-state index >= 15 is 0 Å². The van der Waals surface area contributed by atoms with Crippen LogP contribution in [0.5, 0.6) is 0 Å². The maximum atomic E-state index is 11.9. The molecule has 1 aromatic rings. The Morgan fingerprint density at radius 3 is 2.72 bits per heavy atom. The molecule has 0 amide bonds. The molecule has 2 N–H and O–H groups in total. The fourth-order valence-electron chi connectivity index (χ4n) is 1.44. The lowest BCUT2D eigenvalue weighted by atomic mass is 10.2. The van der Waals surface area contributed by atoms with Gasteiger partial charge in [0.25, 0.3) is 0 Å². The molecule has 1 rings (SSSR count). The van der Waals surface area contributed by atoms with E-state index in [0.29, 0.717) is 12.8 Å². The predicted octanol–water partition coefficient (Wildman–Crippen LogP) is 0.998. The molecule has 0 fully saturated rings. The molecule has 0 spiro atoms. The van der Waals surface area contributed by atoms with Gasteiger partial charge in [0, 0.05) is 6.54 Å². The number of aliphatic hydroxyl groups is 1. The third-order valence-corrected chi connectivity index (χ3v) is 4.06. The van der Waals surface area contributed by atoms with E-state index < -0.39 is 16.1 Å². The van der Waals surface area contributed by atoms with Crippen molar-refractivity contribution >= 4 is 10.0 Å². The number of benzene rings is 1. The van der Waals surface area contributed by atoms with Gasteiger partial charge in [0.15, 0.2) is 0 Å². The molecular weight excluding hydrogens is 252 g/mol. The molecule has 0 heterocycles. The van der Waals surface area contributed by atoms with Gasteiger partial charge in [0.2, 0.25) is 10.0 Å². The van der Waals surface area contributed by atoms with Crippen molar-refractivity contribution in [1.82, 2.24) is 4.72 Å². The van der Waals surface area contributed by atoms with Gasteiger partial charge in [-0.05, 0) is 25.0 Å². The number of nitrogens with zero attached hydrogens (tertiary/aromatic N) is 1. The normalized spacial score (nSPS) is 12.9. The fourth-order valence-corrected chi connectivity index (χ4v) is 2.64. The van der Waals surface area contributed by atoms with Crippen LogP contribution >= 0.6 is 0 Å². The van der Waals surface area contributed by atoms with E-state index in [4.69, 9.17) is 5.26 Å². The van der Waals surface area contributed by atoms with E-state index in [1.165, 1.54) is 12.1 Å². The highest BCUT2D eigenvalue weighted by Crippen LogP contribution is 2.14. The zero-order valence-corrected chi connectivity index (χ0v) is 10.9. The van der Waals surface area contributed by atoms with Crippen molar-refractivity contribution in [3.05, 3.63) is 29.8 Å². The molecule has 0 bridgehead atoms. The summed E-state index contributed by atoms with van der Waals surface area (Å²) in [4.78, 5) is -0.0292. The van der Waals surface area contributed by atoms with Crippen LogP contribution in [-0.4, -0.2) is 26.2 Å². The summed E-state index contributed by atoms with van der Waals surface area (Å²) in [5.41, 5.74) is 0.112. The van der Waals surface area contributed by atoms with Gasteiger partial charge >= 0.3 is 0 Å². The zero-order chi connectivity index (χ0) is 13.6. The number of hydrogen-bond donors (Lipinski definition) is 2. The minimum atomic E-state index is -3.69. The topological polar surface area (TPSA) is 90.2 Å². The fraction of sp³-hybridized carbons (Fsp3) is 0.417. The van der Waals surface area contributed by atoms with E-state index in [2.05, 4.69) is 4.72 Å². The van der Waals surface area contributed by atoms with Gasteiger partial charge in [0.05, 0.1) is 16.6 Å². The van der Waals surface area contributed by atoms with Gasteiger partial charge in [-0.1, -0.05) is 19.1 Å². The largest absolute Gasteiger partial charge is 0.393 e. The lowest BCUT2D eigenvalue weighted by molar-refractivity contribution is 0.162. The summed E-state index contributed by atoms with van der Waals surface area (Å²) in [6, 6.07) is 7.86. The monoisotopic (exact) mass is 268 g/mol. The Morgan fingerprint density at radius 2 is 2.11 bits per heavy atom. The number of nitriles is 1. The second kappa shape index (κ2) is 6.50. The Bertz CT molecular complexity index is 534. The van der Waals surface area contributed by atoms with Gasteiger partial charge < -0.3 is 5.11 Å². The standard InChI is InChI=1S/C12H16N2O3S/c1-2-11(15)7-8-14-18(16,17)12-6-4-3-5-10(12)9-13/h3-6,11,14-15H,2,7-8H2,1H3. The molecule has 0 saturated heterocycles. The average molecular weight is 268 g/mol. The summed E-state index contributed by atoms with van der Waals surface area (Å²) in [6.45, 7) is 1.97. The molecule has 1 atom stereocenters. The van der Waals surface area contributed by atoms with Crippen LogP contribution in [0.2, 0.25) is 0 Å². The number of hydrogen-bond acceptors (Lipinski definition) is 4. The van der Waals surface area contributed by atoms with E-state index in [1.54, 1.807) is 12.1 Å². The number of aliphatic hydroxyl groups excluding tert-OH is 1. The summed E-state index contributed by atoms with van der Waals surface area (Å²) >= 11 is 0. The summed E-state index contributed by atoms with van der Waals surface area (Å²) in [5, 5.41) is 18.2. The van der Waals surface area contributed by atoms with Crippen molar-refractivity contribution < 1.29 is 13.5 Å². The number of rotatable bonds is 6. The molecule has 0 aliphatic carbocycles. The van der Waals surface area contributed by atoms with Crippen molar-refractivity contribution in [3.8, 4) is 6.07 Å². The maximum Gasteiger partial charge on any atom is 0.241 e. The van der Waals surface area contributed by atoms with Crippen LogP contribution in [0.15, 0.2) is 29.2 Å². The second-order valence-corrected chi connectivity index (χ2v) is 5.59. The van der Waals surface area contributed by atoms with Crippen LogP contribution in [0.1, 0.15) is 25.3 Å². The zero-order valence-electron chi connectivity index (χ0n) is 10.1. The van der Waals surface area contributed by atoms with Gasteiger partial charge in [-0.3, -0.25) is 0 Å². The van der Waals surface area contributed by atoms with E-state index in [9.17, 15) is 13.5 Å². The first-order valence-electron chi connectivity index (χ1n) is 5.68. The van der Waals surface area contributed by atoms with Crippen molar-refractivity contribution in [1.29, 1.82) is 5.26 Å². The second-order valence-electron chi connectivity index (χ2n) is 3.86. The molecule has 18 heavy (non-hydrogen) atoms. The van der Waals surface area contributed by atoms with Crippen molar-refractivity contribution in [2.45, 2.75) is 30.8 Å². The van der Waals surface area contributed by atoms with Crippen LogP contribution in [0, 0.1) is 11.3 Å². The SMILES string of the molecule is CCC(O)CCNS(=O)(=O)c1ccccc1C#N. The summed E-state index contributed by atoms with van der Waals surface area (Å²) in [6.07, 6.45) is 0.417. The molecule has 0 aliphatic heterocycles. The summed E-state index contributed by atoms with van der Waals surface area (Å²) < 4.78 is 26.3. The van der Waals surface area contributed by atoms with Crippen LogP contribution in [0.4, 0.5) is 0 Å². The first-order chi connectivity index (χ1) is 8.51. The van der Waals surface area contributed by atoms with Gasteiger partial charge in [0.1, 0.15) is 6.07 Å². The molecule has 0 aliphatic rings. The van der Waals surface area contributed by atoms with Crippen molar-refractivity contribution in [3.63, 3.8) is 0 Å². The smallest absolute Gasteiger partial charge is 0.241 e. The summed E-state index contributed by atoms with van der Waals surface area (Å²) in [5.74, 6) is 0.